The number of halogens is 7. The van der Waals surface area contributed by atoms with Crippen LogP contribution in [-0.4, -0.2) is 22.2 Å². The number of hydrogen-bond donors (Lipinski definition) is 2. The van der Waals surface area contributed by atoms with Crippen LogP contribution in [0.3, 0.4) is 0 Å². The second-order valence-corrected chi connectivity index (χ2v) is 5.11. The Morgan fingerprint density at radius 2 is 1.71 bits per heavy atom. The van der Waals surface area contributed by atoms with E-state index < -0.39 is 28.3 Å². The molecule has 3 nitrogen and oxygen atoms in total. The Morgan fingerprint density at radius 3 is 2.05 bits per heavy atom. The highest BCUT2D eigenvalue weighted by Crippen LogP contribution is 2.55. The summed E-state index contributed by atoms with van der Waals surface area (Å²) in [5.74, 6) is 0. The summed E-state index contributed by atoms with van der Waals surface area (Å²) in [4.78, 5) is 5.53. The van der Waals surface area contributed by atoms with Crippen LogP contribution in [0.5, 0.6) is 0 Å². The quantitative estimate of drug-likeness (QED) is 0.585. The van der Waals surface area contributed by atoms with Crippen molar-refractivity contribution in [1.82, 2.24) is 0 Å². The van der Waals surface area contributed by atoms with E-state index >= 15 is 0 Å². The van der Waals surface area contributed by atoms with Gasteiger partial charge in [-0.1, -0.05) is 12.1 Å². The number of aryl methyl sites for hydroxylation is 1. The number of amides is 1. The first-order valence-electron chi connectivity index (χ1n) is 5.24. The molecule has 21 heavy (non-hydrogen) atoms. The third-order valence-corrected chi connectivity index (χ3v) is 3.19. The standard InChI is InChI=1S/C11H8BrF6NO2/c1-5-4-6(2-3-7(5)19-8(20)21)9(13,10(12,14)15)11(16,17)18/h2-4,19H,1H3,(H,20,21). The van der Waals surface area contributed by atoms with Gasteiger partial charge in [0.2, 0.25) is 0 Å². The van der Waals surface area contributed by atoms with Gasteiger partial charge in [-0.15, -0.1) is 0 Å². The summed E-state index contributed by atoms with van der Waals surface area (Å²) in [5, 5.41) is 10.3. The summed E-state index contributed by atoms with van der Waals surface area (Å²) < 4.78 is 78.5. The zero-order chi connectivity index (χ0) is 16.6. The van der Waals surface area contributed by atoms with Gasteiger partial charge in [0, 0.05) is 11.3 Å². The van der Waals surface area contributed by atoms with E-state index in [4.69, 9.17) is 5.11 Å². The van der Waals surface area contributed by atoms with Gasteiger partial charge in [0.1, 0.15) is 0 Å². The lowest BCUT2D eigenvalue weighted by atomic mass is 9.93. The van der Waals surface area contributed by atoms with Gasteiger partial charge in [-0.3, -0.25) is 5.32 Å². The van der Waals surface area contributed by atoms with E-state index in [0.717, 1.165) is 13.0 Å². The molecule has 0 saturated heterocycles. The van der Waals surface area contributed by atoms with Crippen molar-refractivity contribution in [3.63, 3.8) is 0 Å². The van der Waals surface area contributed by atoms with Crippen LogP contribution in [0.4, 0.5) is 36.8 Å². The van der Waals surface area contributed by atoms with Gasteiger partial charge in [-0.2, -0.15) is 22.0 Å². The summed E-state index contributed by atoms with van der Waals surface area (Å²) in [6, 6.07) is 1.73. The summed E-state index contributed by atoms with van der Waals surface area (Å²) in [7, 11) is 0. The fraction of sp³-hybridized carbons (Fsp3) is 0.364. The molecule has 0 bridgehead atoms. The summed E-state index contributed by atoms with van der Waals surface area (Å²) in [5.41, 5.74) is -6.58. The smallest absolute Gasteiger partial charge is 0.433 e. The summed E-state index contributed by atoms with van der Waals surface area (Å²) in [6.07, 6.45) is -7.38. The molecule has 118 valence electrons. The number of carboxylic acid groups (broad SMARTS) is 1. The second-order valence-electron chi connectivity index (χ2n) is 4.11. The molecule has 1 rings (SSSR count). The number of anilines is 1. The Hall–Kier alpha value is -1.45. The summed E-state index contributed by atoms with van der Waals surface area (Å²) >= 11 is 1.42. The number of nitrogens with one attached hydrogen (secondary N) is 1. The minimum absolute atomic E-state index is 0.141. The van der Waals surface area contributed by atoms with Crippen LogP contribution in [0.2, 0.25) is 0 Å². The van der Waals surface area contributed by atoms with Gasteiger partial charge >= 0.3 is 22.8 Å². The largest absolute Gasteiger partial charge is 0.465 e. The Labute approximate surface area is 123 Å². The van der Waals surface area contributed by atoms with E-state index in [9.17, 15) is 31.1 Å². The molecule has 0 heterocycles. The van der Waals surface area contributed by atoms with Gasteiger partial charge in [-0.05, 0) is 34.5 Å². The average molecular weight is 380 g/mol. The molecule has 0 fully saturated rings. The predicted molar refractivity (Wildman–Crippen MR) is 65.5 cm³/mol. The van der Waals surface area contributed by atoms with Crippen molar-refractivity contribution < 1.29 is 36.2 Å². The third kappa shape index (κ3) is 3.25. The van der Waals surface area contributed by atoms with E-state index in [1.165, 1.54) is 15.9 Å². The fourth-order valence-corrected chi connectivity index (χ4v) is 2.08. The van der Waals surface area contributed by atoms with Crippen molar-refractivity contribution >= 4 is 27.7 Å². The van der Waals surface area contributed by atoms with E-state index in [1.54, 1.807) is 0 Å². The van der Waals surface area contributed by atoms with Gasteiger partial charge in [-0.25, -0.2) is 9.18 Å². The molecule has 1 aromatic rings. The first-order valence-corrected chi connectivity index (χ1v) is 6.03. The molecule has 1 atom stereocenters. The molecule has 2 N–H and O–H groups in total. The second kappa shape index (κ2) is 5.39. The van der Waals surface area contributed by atoms with Gasteiger partial charge < -0.3 is 5.11 Å². The van der Waals surface area contributed by atoms with Crippen molar-refractivity contribution in [3.05, 3.63) is 29.3 Å². The number of rotatable bonds is 3. The molecule has 1 amide bonds. The van der Waals surface area contributed by atoms with E-state index in [2.05, 4.69) is 0 Å². The molecule has 0 aliphatic carbocycles. The van der Waals surface area contributed by atoms with Crippen LogP contribution in [-0.2, 0) is 5.67 Å². The zero-order valence-electron chi connectivity index (χ0n) is 10.2. The molecule has 0 radical (unpaired) electrons. The van der Waals surface area contributed by atoms with Crippen molar-refractivity contribution in [2.75, 3.05) is 5.32 Å². The number of benzene rings is 1. The third-order valence-electron chi connectivity index (χ3n) is 2.65. The van der Waals surface area contributed by atoms with E-state index in [-0.39, 0.29) is 11.3 Å². The van der Waals surface area contributed by atoms with Crippen molar-refractivity contribution in [2.24, 2.45) is 0 Å². The molecule has 0 spiro atoms. The number of carbonyl (C=O) groups is 1. The molecule has 0 aliphatic rings. The van der Waals surface area contributed by atoms with Crippen LogP contribution in [0, 0.1) is 6.92 Å². The van der Waals surface area contributed by atoms with Gasteiger partial charge in [0.05, 0.1) is 0 Å². The SMILES string of the molecule is Cc1cc(C(F)(C(F)(F)F)C(F)(F)Br)ccc1NC(=O)O. The average Bonchev–Trinajstić information content (AvgIpc) is 2.27. The number of hydrogen-bond acceptors (Lipinski definition) is 1. The van der Waals surface area contributed by atoms with E-state index in [1.807, 2.05) is 5.32 Å². The van der Waals surface area contributed by atoms with Crippen LogP contribution in [0.1, 0.15) is 11.1 Å². The highest BCUT2D eigenvalue weighted by Gasteiger charge is 2.71. The molecule has 0 saturated carbocycles. The topological polar surface area (TPSA) is 49.3 Å². The lowest BCUT2D eigenvalue weighted by molar-refractivity contribution is -0.282. The highest BCUT2D eigenvalue weighted by molar-refractivity contribution is 9.10. The van der Waals surface area contributed by atoms with Crippen LogP contribution >= 0.6 is 15.9 Å². The van der Waals surface area contributed by atoms with Crippen LogP contribution in [0.15, 0.2) is 18.2 Å². The molecule has 0 aromatic heterocycles. The molecular formula is C11H8BrF6NO2. The monoisotopic (exact) mass is 379 g/mol. The Morgan fingerprint density at radius 1 is 1.19 bits per heavy atom. The van der Waals surface area contributed by atoms with Gasteiger partial charge in [0.15, 0.2) is 0 Å². The Bertz CT molecular complexity index is 541. The Balaban J connectivity index is 3.42. The van der Waals surface area contributed by atoms with Crippen molar-refractivity contribution in [2.45, 2.75) is 23.6 Å². The fourth-order valence-electron chi connectivity index (χ4n) is 1.62. The minimum atomic E-state index is -5.88. The maximum atomic E-state index is 14.1. The molecule has 10 heteroatoms. The highest BCUT2D eigenvalue weighted by atomic mass is 79.9. The van der Waals surface area contributed by atoms with Crippen LogP contribution < -0.4 is 5.32 Å². The van der Waals surface area contributed by atoms with Gasteiger partial charge in [0.25, 0.3) is 0 Å². The van der Waals surface area contributed by atoms with Crippen molar-refractivity contribution in [1.29, 1.82) is 0 Å². The zero-order valence-corrected chi connectivity index (χ0v) is 11.8. The predicted octanol–water partition coefficient (Wildman–Crippen LogP) is 4.80. The molecule has 1 aromatic carbocycles. The van der Waals surface area contributed by atoms with E-state index in [0.29, 0.717) is 12.1 Å². The minimum Gasteiger partial charge on any atom is -0.465 e. The Kier molecular flexibility index (Phi) is 4.52. The van der Waals surface area contributed by atoms with Crippen LogP contribution in [0.25, 0.3) is 0 Å². The normalized spacial score (nSPS) is 15.4. The first-order chi connectivity index (χ1) is 9.30. The lowest BCUT2D eigenvalue weighted by Gasteiger charge is -2.32. The first kappa shape index (κ1) is 17.6. The van der Waals surface area contributed by atoms with Crippen molar-refractivity contribution in [3.8, 4) is 0 Å². The maximum Gasteiger partial charge on any atom is 0.433 e. The number of alkyl halides is 7. The molecule has 1 unspecified atom stereocenters. The maximum absolute atomic E-state index is 14.1. The molecular weight excluding hydrogens is 372 g/mol. The lowest BCUT2D eigenvalue weighted by Crippen LogP contribution is -2.49. The molecule has 0 aliphatic heterocycles. The summed E-state index contributed by atoms with van der Waals surface area (Å²) in [6.45, 7) is 1.15.